The number of hydrogen-bond acceptors (Lipinski definition) is 3. The summed E-state index contributed by atoms with van der Waals surface area (Å²) in [5.74, 6) is 1.47. The Balaban J connectivity index is 2.68. The molecule has 1 rings (SSSR count). The van der Waals surface area contributed by atoms with E-state index in [0.29, 0.717) is 5.92 Å². The van der Waals surface area contributed by atoms with E-state index in [-0.39, 0.29) is 0 Å². The van der Waals surface area contributed by atoms with Crippen LogP contribution in [0.3, 0.4) is 0 Å². The Labute approximate surface area is 124 Å². The SMILES string of the molecule is CCCCCOc1nc(C)cc(C)c1CNCC(C)C. The Morgan fingerprint density at radius 1 is 1.25 bits per heavy atom. The molecule has 20 heavy (non-hydrogen) atoms. The van der Waals surface area contributed by atoms with Gasteiger partial charge in [0, 0.05) is 17.8 Å². The summed E-state index contributed by atoms with van der Waals surface area (Å²) in [6, 6.07) is 2.13. The van der Waals surface area contributed by atoms with Gasteiger partial charge in [0.05, 0.1) is 6.61 Å². The molecule has 0 radical (unpaired) electrons. The van der Waals surface area contributed by atoms with Gasteiger partial charge in [0.1, 0.15) is 0 Å². The summed E-state index contributed by atoms with van der Waals surface area (Å²) in [5, 5.41) is 3.48. The molecule has 114 valence electrons. The molecule has 1 heterocycles. The van der Waals surface area contributed by atoms with Crippen LogP contribution in [-0.2, 0) is 6.54 Å². The van der Waals surface area contributed by atoms with Crippen molar-refractivity contribution in [3.05, 3.63) is 22.9 Å². The number of aromatic nitrogens is 1. The van der Waals surface area contributed by atoms with Gasteiger partial charge >= 0.3 is 0 Å². The Morgan fingerprint density at radius 2 is 2.00 bits per heavy atom. The minimum Gasteiger partial charge on any atom is -0.477 e. The fraction of sp³-hybridized carbons (Fsp3) is 0.706. The summed E-state index contributed by atoms with van der Waals surface area (Å²) >= 11 is 0. The van der Waals surface area contributed by atoms with E-state index >= 15 is 0 Å². The smallest absolute Gasteiger partial charge is 0.218 e. The second-order valence-electron chi connectivity index (χ2n) is 5.94. The van der Waals surface area contributed by atoms with Crippen molar-refractivity contribution in [1.82, 2.24) is 10.3 Å². The van der Waals surface area contributed by atoms with E-state index in [2.05, 4.69) is 44.1 Å². The summed E-state index contributed by atoms with van der Waals surface area (Å²) in [7, 11) is 0. The minimum absolute atomic E-state index is 0.655. The van der Waals surface area contributed by atoms with Crippen LogP contribution in [0.1, 0.15) is 56.9 Å². The first kappa shape index (κ1) is 17.0. The van der Waals surface area contributed by atoms with Crippen molar-refractivity contribution in [3.8, 4) is 5.88 Å². The van der Waals surface area contributed by atoms with Gasteiger partial charge in [-0.15, -0.1) is 0 Å². The Hall–Kier alpha value is -1.09. The molecule has 0 aliphatic carbocycles. The van der Waals surface area contributed by atoms with Crippen molar-refractivity contribution in [3.63, 3.8) is 0 Å². The molecule has 0 amide bonds. The van der Waals surface area contributed by atoms with E-state index in [4.69, 9.17) is 4.74 Å². The second-order valence-corrected chi connectivity index (χ2v) is 5.94. The van der Waals surface area contributed by atoms with Crippen LogP contribution >= 0.6 is 0 Å². The normalized spacial score (nSPS) is 11.1. The molecule has 0 fully saturated rings. The lowest BCUT2D eigenvalue weighted by Gasteiger charge is -2.15. The zero-order chi connectivity index (χ0) is 15.0. The molecule has 0 saturated heterocycles. The van der Waals surface area contributed by atoms with Gasteiger partial charge in [0.25, 0.3) is 0 Å². The Morgan fingerprint density at radius 3 is 2.65 bits per heavy atom. The summed E-state index contributed by atoms with van der Waals surface area (Å²) in [5.41, 5.74) is 3.49. The lowest BCUT2D eigenvalue weighted by atomic mass is 10.1. The molecule has 0 aliphatic rings. The van der Waals surface area contributed by atoms with Crippen LogP contribution in [0.25, 0.3) is 0 Å². The van der Waals surface area contributed by atoms with Crippen molar-refractivity contribution >= 4 is 0 Å². The third-order valence-corrected chi connectivity index (χ3v) is 3.28. The molecule has 3 nitrogen and oxygen atoms in total. The number of nitrogens with zero attached hydrogens (tertiary/aromatic N) is 1. The van der Waals surface area contributed by atoms with Crippen LogP contribution in [0.4, 0.5) is 0 Å². The van der Waals surface area contributed by atoms with Crippen LogP contribution in [0.5, 0.6) is 5.88 Å². The fourth-order valence-electron chi connectivity index (χ4n) is 2.17. The number of rotatable bonds is 9. The largest absolute Gasteiger partial charge is 0.477 e. The van der Waals surface area contributed by atoms with Crippen molar-refractivity contribution < 1.29 is 4.74 Å². The maximum atomic E-state index is 5.91. The highest BCUT2D eigenvalue weighted by Gasteiger charge is 2.10. The Bertz CT molecular complexity index is 402. The zero-order valence-corrected chi connectivity index (χ0v) is 13.8. The average molecular weight is 278 g/mol. The van der Waals surface area contributed by atoms with Crippen molar-refractivity contribution in [1.29, 1.82) is 0 Å². The van der Waals surface area contributed by atoms with E-state index in [0.717, 1.165) is 37.7 Å². The summed E-state index contributed by atoms with van der Waals surface area (Å²) in [6.45, 7) is 13.4. The third kappa shape index (κ3) is 5.91. The molecule has 1 aromatic rings. The summed E-state index contributed by atoms with van der Waals surface area (Å²) < 4.78 is 5.91. The van der Waals surface area contributed by atoms with Crippen molar-refractivity contribution in [2.75, 3.05) is 13.2 Å². The van der Waals surface area contributed by atoms with Gasteiger partial charge in [-0.3, -0.25) is 0 Å². The number of pyridine rings is 1. The van der Waals surface area contributed by atoms with Crippen LogP contribution in [-0.4, -0.2) is 18.1 Å². The molecule has 0 aromatic carbocycles. The van der Waals surface area contributed by atoms with Gasteiger partial charge in [-0.1, -0.05) is 33.6 Å². The average Bonchev–Trinajstić information content (AvgIpc) is 2.37. The molecule has 0 spiro atoms. The lowest BCUT2D eigenvalue weighted by Crippen LogP contribution is -2.20. The maximum Gasteiger partial charge on any atom is 0.218 e. The van der Waals surface area contributed by atoms with E-state index in [9.17, 15) is 0 Å². The quantitative estimate of drug-likeness (QED) is 0.693. The van der Waals surface area contributed by atoms with Gasteiger partial charge in [0.2, 0.25) is 5.88 Å². The molecular formula is C17H30N2O. The van der Waals surface area contributed by atoms with Crippen molar-refractivity contribution in [2.24, 2.45) is 5.92 Å². The maximum absolute atomic E-state index is 5.91. The first-order valence-corrected chi connectivity index (χ1v) is 7.85. The van der Waals surface area contributed by atoms with E-state index in [1.54, 1.807) is 0 Å². The predicted octanol–water partition coefficient (Wildman–Crippen LogP) is 4.01. The number of hydrogen-bond donors (Lipinski definition) is 1. The predicted molar refractivity (Wildman–Crippen MR) is 85.3 cm³/mol. The number of ether oxygens (including phenoxy) is 1. The van der Waals surface area contributed by atoms with Crippen molar-refractivity contribution in [2.45, 2.75) is 60.4 Å². The number of aryl methyl sites for hydroxylation is 2. The summed E-state index contributed by atoms with van der Waals surface area (Å²) in [4.78, 5) is 4.57. The zero-order valence-electron chi connectivity index (χ0n) is 13.8. The highest BCUT2D eigenvalue weighted by Crippen LogP contribution is 2.21. The number of nitrogens with one attached hydrogen (secondary N) is 1. The van der Waals surface area contributed by atoms with Crippen LogP contribution in [0.2, 0.25) is 0 Å². The topological polar surface area (TPSA) is 34.1 Å². The standard InChI is InChI=1S/C17H30N2O/c1-6-7-8-9-20-17-16(12-18-11-13(2)3)14(4)10-15(5)19-17/h10,13,18H,6-9,11-12H2,1-5H3. The fourth-order valence-corrected chi connectivity index (χ4v) is 2.17. The molecule has 0 aliphatic heterocycles. The first-order chi connectivity index (χ1) is 9.54. The summed E-state index contributed by atoms with van der Waals surface area (Å²) in [6.07, 6.45) is 3.53. The molecule has 0 bridgehead atoms. The molecule has 0 unspecified atom stereocenters. The van der Waals surface area contributed by atoms with Gasteiger partial charge in [0.15, 0.2) is 0 Å². The van der Waals surface area contributed by atoms with Gasteiger partial charge < -0.3 is 10.1 Å². The highest BCUT2D eigenvalue weighted by atomic mass is 16.5. The van der Waals surface area contributed by atoms with E-state index in [1.165, 1.54) is 24.0 Å². The van der Waals surface area contributed by atoms with Crippen LogP contribution < -0.4 is 10.1 Å². The van der Waals surface area contributed by atoms with Gasteiger partial charge in [-0.05, 0) is 44.4 Å². The van der Waals surface area contributed by atoms with Gasteiger partial charge in [-0.25, -0.2) is 4.98 Å². The molecule has 1 N–H and O–H groups in total. The number of unbranched alkanes of at least 4 members (excludes halogenated alkanes) is 2. The Kier molecular flexibility index (Phi) is 7.60. The molecular weight excluding hydrogens is 248 g/mol. The lowest BCUT2D eigenvalue weighted by molar-refractivity contribution is 0.290. The molecule has 0 atom stereocenters. The van der Waals surface area contributed by atoms with Crippen LogP contribution in [0, 0.1) is 19.8 Å². The van der Waals surface area contributed by atoms with E-state index < -0.39 is 0 Å². The second kappa shape index (κ2) is 8.96. The monoisotopic (exact) mass is 278 g/mol. The molecule has 1 aromatic heterocycles. The van der Waals surface area contributed by atoms with Crippen LogP contribution in [0.15, 0.2) is 6.07 Å². The molecule has 3 heteroatoms. The van der Waals surface area contributed by atoms with E-state index in [1.807, 2.05) is 6.92 Å². The van der Waals surface area contributed by atoms with Gasteiger partial charge in [-0.2, -0.15) is 0 Å². The third-order valence-electron chi connectivity index (χ3n) is 3.28. The highest BCUT2D eigenvalue weighted by molar-refractivity contribution is 5.35. The molecule has 0 saturated carbocycles. The first-order valence-electron chi connectivity index (χ1n) is 7.85. The minimum atomic E-state index is 0.655.